The van der Waals surface area contributed by atoms with Crippen LogP contribution in [-0.4, -0.2) is 31.9 Å². The number of carbonyl (C=O) groups is 1. The molecule has 57 valence electrons. The SMILES string of the molecule is CNC(C[S-])C(=O)OC.[Y]. The van der Waals surface area contributed by atoms with Gasteiger partial charge in [0.25, 0.3) is 0 Å². The van der Waals surface area contributed by atoms with Crippen molar-refractivity contribution < 1.29 is 42.2 Å². The monoisotopic (exact) mass is 237 g/mol. The van der Waals surface area contributed by atoms with E-state index < -0.39 is 0 Å². The molecule has 0 aromatic rings. The Morgan fingerprint density at radius 3 is 2.40 bits per heavy atom. The minimum atomic E-state index is -0.329. The first-order chi connectivity index (χ1) is 4.26. The van der Waals surface area contributed by atoms with Gasteiger partial charge in [-0.25, -0.2) is 0 Å². The van der Waals surface area contributed by atoms with E-state index in [9.17, 15) is 4.79 Å². The molecule has 0 aliphatic heterocycles. The van der Waals surface area contributed by atoms with Gasteiger partial charge in [-0.3, -0.25) is 4.79 Å². The molecule has 0 bridgehead atoms. The standard InChI is InChI=1S/C5H11NO2S.Y/c1-6-4(3-9)5(7)8-2;/h4,6,9H,3H2,1-2H3;/p-1. The first-order valence-electron chi connectivity index (χ1n) is 2.59. The molecule has 1 atom stereocenters. The minimum Gasteiger partial charge on any atom is -0.791 e. The third-order valence-electron chi connectivity index (χ3n) is 1.00. The van der Waals surface area contributed by atoms with Crippen LogP contribution in [0, 0.1) is 0 Å². The third-order valence-corrected chi connectivity index (χ3v) is 1.33. The van der Waals surface area contributed by atoms with Crippen molar-refractivity contribution >= 4 is 18.6 Å². The van der Waals surface area contributed by atoms with Gasteiger partial charge in [-0.05, 0) is 7.05 Å². The van der Waals surface area contributed by atoms with Gasteiger partial charge in [0.05, 0.1) is 13.2 Å². The van der Waals surface area contributed by atoms with Crippen LogP contribution >= 0.6 is 0 Å². The Morgan fingerprint density at radius 2 is 2.30 bits per heavy atom. The molecule has 0 aliphatic carbocycles. The molecule has 0 aliphatic rings. The van der Waals surface area contributed by atoms with E-state index in [4.69, 9.17) is 0 Å². The zero-order valence-electron chi connectivity index (χ0n) is 6.09. The largest absolute Gasteiger partial charge is 0.791 e. The van der Waals surface area contributed by atoms with Crippen molar-refractivity contribution in [1.29, 1.82) is 0 Å². The maximum absolute atomic E-state index is 10.6. The smallest absolute Gasteiger partial charge is 0.320 e. The summed E-state index contributed by atoms with van der Waals surface area (Å²) in [5, 5.41) is 2.72. The zero-order chi connectivity index (χ0) is 7.28. The van der Waals surface area contributed by atoms with E-state index >= 15 is 0 Å². The molecule has 0 fully saturated rings. The Balaban J connectivity index is 0. The van der Waals surface area contributed by atoms with Crippen LogP contribution in [0.3, 0.4) is 0 Å². The second-order valence-corrected chi connectivity index (χ2v) is 1.86. The van der Waals surface area contributed by atoms with Crippen LogP contribution in [0.25, 0.3) is 0 Å². The molecule has 10 heavy (non-hydrogen) atoms. The van der Waals surface area contributed by atoms with E-state index in [1.165, 1.54) is 7.11 Å². The van der Waals surface area contributed by atoms with Gasteiger partial charge >= 0.3 is 5.97 Å². The van der Waals surface area contributed by atoms with Crippen LogP contribution in [0.2, 0.25) is 0 Å². The summed E-state index contributed by atoms with van der Waals surface area (Å²) in [7, 11) is 3.02. The summed E-state index contributed by atoms with van der Waals surface area (Å²) >= 11 is 4.65. The molecular formula is C5H10NO2SY-. The molecule has 0 aromatic heterocycles. The molecule has 0 saturated carbocycles. The molecule has 0 spiro atoms. The average Bonchev–Trinajstić information content (AvgIpc) is 1.90. The van der Waals surface area contributed by atoms with E-state index in [0.29, 0.717) is 5.75 Å². The third kappa shape index (κ3) is 4.66. The topological polar surface area (TPSA) is 38.3 Å². The van der Waals surface area contributed by atoms with Crippen molar-refractivity contribution in [3.8, 4) is 0 Å². The molecule has 0 heterocycles. The summed E-state index contributed by atoms with van der Waals surface area (Å²) in [6.07, 6.45) is 0. The van der Waals surface area contributed by atoms with Crippen LogP contribution in [0.4, 0.5) is 0 Å². The Hall–Kier alpha value is 0.884. The average molecular weight is 237 g/mol. The summed E-state index contributed by atoms with van der Waals surface area (Å²) < 4.78 is 4.43. The summed E-state index contributed by atoms with van der Waals surface area (Å²) in [6, 6.07) is -0.329. The van der Waals surface area contributed by atoms with Crippen molar-refractivity contribution in [2.24, 2.45) is 0 Å². The van der Waals surface area contributed by atoms with Crippen LogP contribution in [0.1, 0.15) is 0 Å². The van der Waals surface area contributed by atoms with Crippen LogP contribution in [0.5, 0.6) is 0 Å². The zero-order valence-corrected chi connectivity index (χ0v) is 9.74. The predicted molar refractivity (Wildman–Crippen MR) is 37.1 cm³/mol. The first-order valence-corrected chi connectivity index (χ1v) is 3.17. The number of esters is 1. The minimum absolute atomic E-state index is 0. The number of rotatable bonds is 3. The number of hydrogen-bond acceptors (Lipinski definition) is 4. The molecule has 0 saturated heterocycles. The van der Waals surface area contributed by atoms with Crippen molar-refractivity contribution in [3.05, 3.63) is 0 Å². The molecular weight excluding hydrogens is 227 g/mol. The second-order valence-electron chi connectivity index (χ2n) is 1.53. The Morgan fingerprint density at radius 1 is 1.80 bits per heavy atom. The van der Waals surface area contributed by atoms with Crippen molar-refractivity contribution in [2.45, 2.75) is 6.04 Å². The molecule has 5 heteroatoms. The Bertz CT molecular complexity index is 97.6. The van der Waals surface area contributed by atoms with E-state index in [1.54, 1.807) is 7.05 Å². The number of nitrogens with one attached hydrogen (secondary N) is 1. The summed E-state index contributed by atoms with van der Waals surface area (Å²) in [6.45, 7) is 0. The summed E-state index contributed by atoms with van der Waals surface area (Å²) in [5.41, 5.74) is 0. The Kier molecular flexibility index (Phi) is 10.8. The fourth-order valence-corrected chi connectivity index (χ4v) is 0.714. The maximum Gasteiger partial charge on any atom is 0.320 e. The van der Waals surface area contributed by atoms with Gasteiger partial charge in [0, 0.05) is 32.7 Å². The van der Waals surface area contributed by atoms with Crippen LogP contribution in [0.15, 0.2) is 0 Å². The van der Waals surface area contributed by atoms with E-state index in [-0.39, 0.29) is 44.7 Å². The van der Waals surface area contributed by atoms with Gasteiger partial charge < -0.3 is 22.7 Å². The van der Waals surface area contributed by atoms with E-state index in [1.807, 2.05) is 0 Å². The molecule has 0 rings (SSSR count). The number of hydrogen-bond donors (Lipinski definition) is 1. The number of ether oxygens (including phenoxy) is 1. The molecule has 0 aromatic carbocycles. The fraction of sp³-hybridized carbons (Fsp3) is 0.800. The van der Waals surface area contributed by atoms with Crippen LogP contribution in [-0.2, 0) is 54.9 Å². The number of carbonyl (C=O) groups excluding carboxylic acids is 1. The van der Waals surface area contributed by atoms with Gasteiger partial charge in [-0.1, -0.05) is 0 Å². The predicted octanol–water partition coefficient (Wildman–Crippen LogP) is -0.708. The molecule has 1 N–H and O–H groups in total. The van der Waals surface area contributed by atoms with Gasteiger partial charge in [-0.2, -0.15) is 0 Å². The van der Waals surface area contributed by atoms with Crippen LogP contribution < -0.4 is 5.32 Å². The molecule has 0 amide bonds. The summed E-state index contributed by atoms with van der Waals surface area (Å²) in [5.74, 6) is 0.0518. The van der Waals surface area contributed by atoms with E-state index in [2.05, 4.69) is 22.7 Å². The quantitative estimate of drug-likeness (QED) is 0.520. The van der Waals surface area contributed by atoms with Crippen molar-refractivity contribution in [3.63, 3.8) is 0 Å². The Labute approximate surface area is 91.6 Å². The summed E-state index contributed by atoms with van der Waals surface area (Å²) in [4.78, 5) is 10.6. The van der Waals surface area contributed by atoms with Gasteiger partial charge in [-0.15, -0.1) is 5.75 Å². The van der Waals surface area contributed by atoms with Gasteiger partial charge in [0.1, 0.15) is 0 Å². The second kappa shape index (κ2) is 7.99. The van der Waals surface area contributed by atoms with E-state index in [0.717, 1.165) is 0 Å². The van der Waals surface area contributed by atoms with Gasteiger partial charge in [0.2, 0.25) is 0 Å². The molecule has 1 unspecified atom stereocenters. The number of likely N-dealkylation sites (N-methyl/N-ethyl adjacent to an activating group) is 1. The number of methoxy groups -OCH3 is 1. The van der Waals surface area contributed by atoms with Crippen molar-refractivity contribution in [2.75, 3.05) is 19.9 Å². The molecule has 3 nitrogen and oxygen atoms in total. The van der Waals surface area contributed by atoms with Crippen molar-refractivity contribution in [1.82, 2.24) is 5.32 Å². The molecule has 1 radical (unpaired) electrons. The maximum atomic E-state index is 10.6. The van der Waals surface area contributed by atoms with Gasteiger partial charge in [0.15, 0.2) is 0 Å². The normalized spacial score (nSPS) is 11.5. The fourth-order valence-electron chi connectivity index (χ4n) is 0.411. The first kappa shape index (κ1) is 13.5.